The first-order chi connectivity index (χ1) is 7.58. The van der Waals surface area contributed by atoms with Crippen LogP contribution in [0.3, 0.4) is 0 Å². The van der Waals surface area contributed by atoms with Crippen molar-refractivity contribution < 1.29 is 4.79 Å². The van der Waals surface area contributed by atoms with E-state index in [1.165, 1.54) is 12.8 Å². The molecule has 0 unspecified atom stereocenters. The summed E-state index contributed by atoms with van der Waals surface area (Å²) in [7, 11) is 0. The molecule has 2 heterocycles. The van der Waals surface area contributed by atoms with E-state index in [1.807, 2.05) is 0 Å². The van der Waals surface area contributed by atoms with Gasteiger partial charge in [-0.15, -0.1) is 12.4 Å². The second kappa shape index (κ2) is 6.05. The number of carbonyl (C=O) groups is 1. The van der Waals surface area contributed by atoms with Crippen LogP contribution >= 0.6 is 12.4 Å². The van der Waals surface area contributed by atoms with Gasteiger partial charge in [0.1, 0.15) is 0 Å². The summed E-state index contributed by atoms with van der Waals surface area (Å²) in [5, 5.41) is 3.32. The van der Waals surface area contributed by atoms with Crippen molar-refractivity contribution >= 4 is 18.3 Å². The fraction of sp³-hybridized carbons (Fsp3) is 0.923. The van der Waals surface area contributed by atoms with Crippen molar-refractivity contribution in [1.29, 1.82) is 0 Å². The zero-order valence-electron chi connectivity index (χ0n) is 11.0. The lowest BCUT2D eigenvalue weighted by molar-refractivity contribution is -0.139. The molecular formula is C13H25ClN2O. The predicted octanol–water partition coefficient (Wildman–Crippen LogP) is 2.06. The van der Waals surface area contributed by atoms with E-state index in [2.05, 4.69) is 24.1 Å². The summed E-state index contributed by atoms with van der Waals surface area (Å²) >= 11 is 0. The zero-order valence-corrected chi connectivity index (χ0v) is 11.8. The van der Waals surface area contributed by atoms with Gasteiger partial charge in [0, 0.05) is 19.0 Å². The minimum atomic E-state index is 0. The molecule has 17 heavy (non-hydrogen) atoms. The van der Waals surface area contributed by atoms with E-state index in [4.69, 9.17) is 0 Å². The SMILES string of the molecule is CC1(C)CCCN(C(=O)C2CCNCC2)C1.Cl. The van der Waals surface area contributed by atoms with Crippen molar-refractivity contribution in [2.24, 2.45) is 11.3 Å². The van der Waals surface area contributed by atoms with Gasteiger partial charge in [-0.1, -0.05) is 13.8 Å². The van der Waals surface area contributed by atoms with Crippen LogP contribution in [0.1, 0.15) is 39.5 Å². The average molecular weight is 261 g/mol. The van der Waals surface area contributed by atoms with Crippen molar-refractivity contribution in [3.05, 3.63) is 0 Å². The first-order valence-corrected chi connectivity index (χ1v) is 6.58. The van der Waals surface area contributed by atoms with Gasteiger partial charge in [-0.2, -0.15) is 0 Å². The van der Waals surface area contributed by atoms with E-state index in [1.54, 1.807) is 0 Å². The first kappa shape index (κ1) is 14.8. The summed E-state index contributed by atoms with van der Waals surface area (Å²) in [5.74, 6) is 0.699. The fourth-order valence-electron chi connectivity index (χ4n) is 2.94. The van der Waals surface area contributed by atoms with Crippen LogP contribution < -0.4 is 5.32 Å². The third-order valence-corrected chi connectivity index (χ3v) is 3.90. The number of nitrogens with zero attached hydrogens (tertiary/aromatic N) is 1. The third-order valence-electron chi connectivity index (χ3n) is 3.90. The lowest BCUT2D eigenvalue weighted by atomic mass is 9.83. The molecule has 0 aromatic heterocycles. The van der Waals surface area contributed by atoms with E-state index < -0.39 is 0 Å². The van der Waals surface area contributed by atoms with Crippen LogP contribution in [0.5, 0.6) is 0 Å². The quantitative estimate of drug-likeness (QED) is 0.783. The Morgan fingerprint density at radius 2 is 1.94 bits per heavy atom. The van der Waals surface area contributed by atoms with Crippen molar-refractivity contribution in [2.45, 2.75) is 39.5 Å². The van der Waals surface area contributed by atoms with E-state index >= 15 is 0 Å². The maximum absolute atomic E-state index is 12.3. The Bertz CT molecular complexity index is 262. The lowest BCUT2D eigenvalue weighted by Crippen LogP contribution is -2.47. The largest absolute Gasteiger partial charge is 0.342 e. The van der Waals surface area contributed by atoms with Gasteiger partial charge in [-0.3, -0.25) is 4.79 Å². The lowest BCUT2D eigenvalue weighted by Gasteiger charge is -2.40. The van der Waals surface area contributed by atoms with Gasteiger partial charge in [0.25, 0.3) is 0 Å². The number of carbonyl (C=O) groups excluding carboxylic acids is 1. The van der Waals surface area contributed by atoms with Gasteiger partial charge >= 0.3 is 0 Å². The number of likely N-dealkylation sites (tertiary alicyclic amines) is 1. The highest BCUT2D eigenvalue weighted by Crippen LogP contribution is 2.30. The maximum Gasteiger partial charge on any atom is 0.225 e. The summed E-state index contributed by atoms with van der Waals surface area (Å²) in [6.45, 7) is 8.49. The van der Waals surface area contributed by atoms with Crippen LogP contribution in [0.25, 0.3) is 0 Å². The summed E-state index contributed by atoms with van der Waals surface area (Å²) in [5.41, 5.74) is 0.320. The molecule has 0 aliphatic carbocycles. The fourth-order valence-corrected chi connectivity index (χ4v) is 2.94. The molecule has 4 heteroatoms. The van der Waals surface area contributed by atoms with Gasteiger partial charge in [-0.25, -0.2) is 0 Å². The number of amides is 1. The van der Waals surface area contributed by atoms with E-state index in [9.17, 15) is 4.79 Å². The van der Waals surface area contributed by atoms with Gasteiger partial charge < -0.3 is 10.2 Å². The average Bonchev–Trinajstić information content (AvgIpc) is 2.28. The molecule has 2 fully saturated rings. The van der Waals surface area contributed by atoms with E-state index in [0.717, 1.165) is 39.0 Å². The van der Waals surface area contributed by atoms with Gasteiger partial charge in [0.05, 0.1) is 0 Å². The number of nitrogens with one attached hydrogen (secondary N) is 1. The molecule has 0 aromatic carbocycles. The Balaban J connectivity index is 0.00000144. The highest BCUT2D eigenvalue weighted by atomic mass is 35.5. The monoisotopic (exact) mass is 260 g/mol. The number of rotatable bonds is 1. The molecule has 1 amide bonds. The second-order valence-corrected chi connectivity index (χ2v) is 6.05. The third kappa shape index (κ3) is 3.85. The van der Waals surface area contributed by atoms with Crippen LogP contribution in [0.2, 0.25) is 0 Å². The van der Waals surface area contributed by atoms with E-state index in [-0.39, 0.29) is 18.3 Å². The van der Waals surface area contributed by atoms with Gasteiger partial charge in [-0.05, 0) is 44.2 Å². The number of hydrogen-bond acceptors (Lipinski definition) is 2. The highest BCUT2D eigenvalue weighted by Gasteiger charge is 2.32. The summed E-state index contributed by atoms with van der Waals surface area (Å²) in [4.78, 5) is 14.4. The Morgan fingerprint density at radius 1 is 1.29 bits per heavy atom. The van der Waals surface area contributed by atoms with Gasteiger partial charge in [0.2, 0.25) is 5.91 Å². The number of piperidine rings is 2. The standard InChI is InChI=1S/C13H24N2O.ClH/c1-13(2)6-3-9-15(10-13)12(16)11-4-7-14-8-5-11;/h11,14H,3-10H2,1-2H3;1H. The summed E-state index contributed by atoms with van der Waals surface area (Å²) in [6, 6.07) is 0. The molecule has 0 saturated carbocycles. The molecule has 2 saturated heterocycles. The van der Waals surface area contributed by atoms with Crippen molar-refractivity contribution in [3.63, 3.8) is 0 Å². The molecule has 0 atom stereocenters. The minimum Gasteiger partial charge on any atom is -0.342 e. The molecule has 2 rings (SSSR count). The van der Waals surface area contributed by atoms with Crippen LogP contribution in [0.4, 0.5) is 0 Å². The molecular weight excluding hydrogens is 236 g/mol. The van der Waals surface area contributed by atoms with Crippen molar-refractivity contribution in [3.8, 4) is 0 Å². The van der Waals surface area contributed by atoms with Crippen LogP contribution in [0.15, 0.2) is 0 Å². The van der Waals surface area contributed by atoms with E-state index in [0.29, 0.717) is 11.3 Å². The smallest absolute Gasteiger partial charge is 0.225 e. The molecule has 3 nitrogen and oxygen atoms in total. The first-order valence-electron chi connectivity index (χ1n) is 6.58. The topological polar surface area (TPSA) is 32.3 Å². The summed E-state index contributed by atoms with van der Waals surface area (Å²) < 4.78 is 0. The minimum absolute atomic E-state index is 0. The Hall–Kier alpha value is -0.280. The number of hydrogen-bond donors (Lipinski definition) is 1. The molecule has 2 aliphatic heterocycles. The second-order valence-electron chi connectivity index (χ2n) is 6.05. The number of halogens is 1. The van der Waals surface area contributed by atoms with Gasteiger partial charge in [0.15, 0.2) is 0 Å². The zero-order chi connectivity index (χ0) is 11.6. The Morgan fingerprint density at radius 3 is 2.53 bits per heavy atom. The maximum atomic E-state index is 12.3. The molecule has 1 N–H and O–H groups in total. The Labute approximate surface area is 111 Å². The van der Waals surface area contributed by atoms with Crippen molar-refractivity contribution in [1.82, 2.24) is 10.2 Å². The Kier molecular flexibility index (Phi) is 5.26. The molecule has 0 aromatic rings. The van der Waals surface area contributed by atoms with Crippen LogP contribution in [0, 0.1) is 11.3 Å². The predicted molar refractivity (Wildman–Crippen MR) is 72.4 cm³/mol. The molecule has 0 bridgehead atoms. The normalized spacial score (nSPS) is 25.2. The molecule has 0 radical (unpaired) electrons. The molecule has 0 spiro atoms. The van der Waals surface area contributed by atoms with Crippen LogP contribution in [-0.4, -0.2) is 37.0 Å². The highest BCUT2D eigenvalue weighted by molar-refractivity contribution is 5.85. The summed E-state index contributed by atoms with van der Waals surface area (Å²) in [6.07, 6.45) is 4.47. The van der Waals surface area contributed by atoms with Crippen LogP contribution in [-0.2, 0) is 4.79 Å². The molecule has 100 valence electrons. The van der Waals surface area contributed by atoms with Crippen molar-refractivity contribution in [2.75, 3.05) is 26.2 Å². The molecule has 2 aliphatic rings.